The number of carbonyl (C=O) groups excluding carboxylic acids is 1. The van der Waals surface area contributed by atoms with Crippen LogP contribution in [0.2, 0.25) is 0 Å². The molecule has 5 heteroatoms. The fourth-order valence-electron chi connectivity index (χ4n) is 1.04. The summed E-state index contributed by atoms with van der Waals surface area (Å²) < 4.78 is 4.67. The van der Waals surface area contributed by atoms with E-state index in [1.807, 2.05) is 6.07 Å². The van der Waals surface area contributed by atoms with Gasteiger partial charge in [0.1, 0.15) is 0 Å². The summed E-state index contributed by atoms with van der Waals surface area (Å²) in [6.45, 7) is 1.89. The van der Waals surface area contributed by atoms with Gasteiger partial charge in [-0.2, -0.15) is 0 Å². The smallest absolute Gasteiger partial charge is 0.355 e. The molecule has 0 amide bonds. The van der Waals surface area contributed by atoms with Crippen LogP contribution >= 0.6 is 0 Å². The van der Waals surface area contributed by atoms with Gasteiger partial charge in [0.25, 0.3) is 6.17 Å². The highest BCUT2D eigenvalue weighted by atomic mass is 16.5. The maximum Gasteiger partial charge on any atom is 0.355 e. The molecule has 0 heterocycles. The van der Waals surface area contributed by atoms with E-state index in [0.717, 1.165) is 0 Å². The molecule has 1 N–H and O–H groups in total. The largest absolute Gasteiger partial charge is 0.463 e. The predicted octanol–water partition coefficient (Wildman–Crippen LogP) is 1.75. The zero-order chi connectivity index (χ0) is 11.1. The van der Waals surface area contributed by atoms with Crippen LogP contribution in [-0.4, -0.2) is 18.7 Å². The van der Waals surface area contributed by atoms with Crippen molar-refractivity contribution in [3.05, 3.63) is 35.2 Å². The summed E-state index contributed by atoms with van der Waals surface area (Å²) >= 11 is 0. The number of nitrogens with zero attached hydrogens (tertiary/aromatic N) is 1. The van der Waals surface area contributed by atoms with Crippen LogP contribution in [0, 0.1) is 4.91 Å². The van der Waals surface area contributed by atoms with Crippen molar-refractivity contribution in [3.63, 3.8) is 0 Å². The first-order valence-electron chi connectivity index (χ1n) is 4.58. The van der Waals surface area contributed by atoms with Crippen molar-refractivity contribution in [1.82, 2.24) is 0 Å². The Morgan fingerprint density at radius 2 is 2.13 bits per heavy atom. The SMILES string of the molecule is CCOC(=O)C(N=O)Nc1ccccc1. The Hall–Kier alpha value is -1.91. The maximum absolute atomic E-state index is 11.2. The molecule has 15 heavy (non-hydrogen) atoms. The fourth-order valence-corrected chi connectivity index (χ4v) is 1.04. The Labute approximate surface area is 87.4 Å². The number of nitrogens with one attached hydrogen (secondary N) is 1. The lowest BCUT2D eigenvalue weighted by atomic mass is 10.3. The average molecular weight is 208 g/mol. The topological polar surface area (TPSA) is 67.8 Å². The van der Waals surface area contributed by atoms with Crippen LogP contribution in [0.5, 0.6) is 0 Å². The quantitative estimate of drug-likeness (QED) is 0.591. The van der Waals surface area contributed by atoms with Crippen LogP contribution in [-0.2, 0) is 9.53 Å². The van der Waals surface area contributed by atoms with Gasteiger partial charge in [0.15, 0.2) is 0 Å². The zero-order valence-corrected chi connectivity index (χ0v) is 8.34. The highest BCUT2D eigenvalue weighted by Gasteiger charge is 2.19. The van der Waals surface area contributed by atoms with Crippen LogP contribution < -0.4 is 5.32 Å². The van der Waals surface area contributed by atoms with Crippen molar-refractivity contribution < 1.29 is 9.53 Å². The minimum Gasteiger partial charge on any atom is -0.463 e. The third-order valence-corrected chi connectivity index (χ3v) is 1.69. The monoisotopic (exact) mass is 208 g/mol. The number of nitroso groups, excluding NO2 is 1. The first-order valence-corrected chi connectivity index (χ1v) is 4.58. The third kappa shape index (κ3) is 3.38. The fraction of sp³-hybridized carbons (Fsp3) is 0.300. The number of para-hydroxylation sites is 1. The van der Waals surface area contributed by atoms with Gasteiger partial charge in [0.05, 0.1) is 6.61 Å². The van der Waals surface area contributed by atoms with Crippen molar-refractivity contribution in [1.29, 1.82) is 0 Å². The summed E-state index contributed by atoms with van der Waals surface area (Å²) in [6, 6.07) is 8.87. The van der Waals surface area contributed by atoms with Crippen LogP contribution in [0.3, 0.4) is 0 Å². The molecule has 0 saturated heterocycles. The molecule has 1 aromatic rings. The van der Waals surface area contributed by atoms with Crippen LogP contribution in [0.25, 0.3) is 0 Å². The number of ether oxygens (including phenoxy) is 1. The molecule has 0 radical (unpaired) electrons. The molecule has 80 valence electrons. The number of hydrogen-bond donors (Lipinski definition) is 1. The van der Waals surface area contributed by atoms with Gasteiger partial charge in [-0.25, -0.2) is 4.79 Å². The average Bonchev–Trinajstić information content (AvgIpc) is 2.27. The van der Waals surface area contributed by atoms with E-state index in [1.165, 1.54) is 0 Å². The number of esters is 1. The minimum atomic E-state index is -1.19. The van der Waals surface area contributed by atoms with Gasteiger partial charge in [0.2, 0.25) is 0 Å². The van der Waals surface area contributed by atoms with Crippen LogP contribution in [0.4, 0.5) is 5.69 Å². The molecular weight excluding hydrogens is 196 g/mol. The summed E-state index contributed by atoms with van der Waals surface area (Å²) in [6.07, 6.45) is -1.19. The molecule has 0 spiro atoms. The molecule has 0 aliphatic carbocycles. The van der Waals surface area contributed by atoms with Crippen molar-refractivity contribution >= 4 is 11.7 Å². The first kappa shape index (κ1) is 11.2. The summed E-state index contributed by atoms with van der Waals surface area (Å²) in [4.78, 5) is 21.6. The van der Waals surface area contributed by atoms with Gasteiger partial charge in [-0.1, -0.05) is 18.2 Å². The van der Waals surface area contributed by atoms with E-state index in [-0.39, 0.29) is 6.61 Å². The van der Waals surface area contributed by atoms with Crippen molar-refractivity contribution in [2.75, 3.05) is 11.9 Å². The van der Waals surface area contributed by atoms with Gasteiger partial charge in [-0.05, 0) is 24.2 Å². The zero-order valence-electron chi connectivity index (χ0n) is 8.34. The third-order valence-electron chi connectivity index (χ3n) is 1.69. The molecule has 1 unspecified atom stereocenters. The van der Waals surface area contributed by atoms with Crippen molar-refractivity contribution in [2.45, 2.75) is 13.1 Å². The lowest BCUT2D eigenvalue weighted by molar-refractivity contribution is -0.143. The van der Waals surface area contributed by atoms with Crippen LogP contribution in [0.1, 0.15) is 6.92 Å². The van der Waals surface area contributed by atoms with E-state index in [2.05, 4.69) is 15.2 Å². The molecule has 5 nitrogen and oxygen atoms in total. The van der Waals surface area contributed by atoms with Gasteiger partial charge in [-0.15, -0.1) is 4.91 Å². The van der Waals surface area contributed by atoms with E-state index < -0.39 is 12.1 Å². The lowest BCUT2D eigenvalue weighted by Crippen LogP contribution is -2.29. The van der Waals surface area contributed by atoms with Gasteiger partial charge >= 0.3 is 5.97 Å². The Morgan fingerprint density at radius 1 is 1.47 bits per heavy atom. The second kappa shape index (κ2) is 5.74. The van der Waals surface area contributed by atoms with Crippen molar-refractivity contribution in [3.8, 4) is 0 Å². The number of rotatable bonds is 5. The van der Waals surface area contributed by atoms with E-state index in [1.54, 1.807) is 31.2 Å². The Bertz CT molecular complexity index is 327. The second-order valence-corrected chi connectivity index (χ2v) is 2.77. The predicted molar refractivity (Wildman–Crippen MR) is 56.3 cm³/mol. The van der Waals surface area contributed by atoms with E-state index in [9.17, 15) is 9.70 Å². The molecule has 0 aliphatic heterocycles. The summed E-state index contributed by atoms with van der Waals surface area (Å²) in [5.74, 6) is -0.670. The highest BCUT2D eigenvalue weighted by Crippen LogP contribution is 2.08. The van der Waals surface area contributed by atoms with Crippen molar-refractivity contribution in [2.24, 2.45) is 5.18 Å². The second-order valence-electron chi connectivity index (χ2n) is 2.77. The Balaban J connectivity index is 2.62. The van der Waals surface area contributed by atoms with E-state index in [0.29, 0.717) is 5.69 Å². The normalized spacial score (nSPS) is 11.5. The molecule has 1 rings (SSSR count). The van der Waals surface area contributed by atoms with Gasteiger partial charge in [-0.3, -0.25) is 0 Å². The van der Waals surface area contributed by atoms with E-state index in [4.69, 9.17) is 0 Å². The van der Waals surface area contributed by atoms with Gasteiger partial charge < -0.3 is 10.1 Å². The number of benzene rings is 1. The molecule has 0 aromatic heterocycles. The maximum atomic E-state index is 11.2. The number of carbonyl (C=O) groups is 1. The first-order chi connectivity index (χ1) is 7.27. The lowest BCUT2D eigenvalue weighted by Gasteiger charge is -2.10. The molecule has 1 atom stereocenters. The standard InChI is InChI=1S/C10H12N2O3/c1-2-15-10(13)9(12-14)11-8-6-4-3-5-7-8/h3-7,9,11H,2H2,1H3. The van der Waals surface area contributed by atoms with Crippen LogP contribution in [0.15, 0.2) is 35.5 Å². The molecular formula is C10H12N2O3. The summed E-state index contributed by atoms with van der Waals surface area (Å²) in [7, 11) is 0. The Morgan fingerprint density at radius 3 is 2.67 bits per heavy atom. The molecule has 0 fully saturated rings. The van der Waals surface area contributed by atoms with Gasteiger partial charge in [0, 0.05) is 5.69 Å². The summed E-state index contributed by atoms with van der Waals surface area (Å²) in [5.41, 5.74) is 0.648. The number of hydrogen-bond acceptors (Lipinski definition) is 5. The molecule has 1 aromatic carbocycles. The summed E-state index contributed by atoms with van der Waals surface area (Å²) in [5, 5.41) is 5.33. The molecule has 0 bridgehead atoms. The molecule has 0 saturated carbocycles. The number of anilines is 1. The molecule has 0 aliphatic rings. The highest BCUT2D eigenvalue weighted by molar-refractivity contribution is 5.78. The minimum absolute atomic E-state index is 0.224. The Kier molecular flexibility index (Phi) is 4.28. The van der Waals surface area contributed by atoms with E-state index >= 15 is 0 Å².